The monoisotopic (exact) mass is 311 g/mol. The van der Waals surface area contributed by atoms with Gasteiger partial charge in [0.15, 0.2) is 5.13 Å². The molecule has 1 amide bonds. The van der Waals surface area contributed by atoms with Gasteiger partial charge in [-0.1, -0.05) is 18.2 Å². The first kappa shape index (κ1) is 13.5. The second-order valence-electron chi connectivity index (χ2n) is 5.65. The van der Waals surface area contributed by atoms with E-state index in [2.05, 4.69) is 16.4 Å². The molecule has 112 valence electrons. The van der Waals surface area contributed by atoms with Gasteiger partial charge < -0.3 is 9.88 Å². The quantitative estimate of drug-likeness (QED) is 0.803. The molecule has 0 saturated carbocycles. The maximum Gasteiger partial charge on any atom is 0.246 e. The number of aromatic nitrogens is 2. The Morgan fingerprint density at radius 3 is 3.00 bits per heavy atom. The smallest absolute Gasteiger partial charge is 0.246 e. The van der Waals surface area contributed by atoms with Gasteiger partial charge in [-0.15, -0.1) is 11.3 Å². The van der Waals surface area contributed by atoms with Gasteiger partial charge in [-0.2, -0.15) is 0 Å². The molecule has 4 rings (SSSR count). The molecule has 22 heavy (non-hydrogen) atoms. The van der Waals surface area contributed by atoms with Crippen molar-refractivity contribution in [1.82, 2.24) is 9.55 Å². The van der Waals surface area contributed by atoms with Gasteiger partial charge in [0.05, 0.1) is 5.69 Å². The van der Waals surface area contributed by atoms with Crippen LogP contribution in [-0.4, -0.2) is 15.5 Å². The van der Waals surface area contributed by atoms with Gasteiger partial charge in [0.1, 0.15) is 6.54 Å². The highest BCUT2D eigenvalue weighted by Gasteiger charge is 2.16. The minimum atomic E-state index is -0.0209. The van der Waals surface area contributed by atoms with Crippen LogP contribution in [0.1, 0.15) is 23.4 Å². The number of thiazole rings is 1. The molecule has 0 fully saturated rings. The van der Waals surface area contributed by atoms with E-state index in [0.717, 1.165) is 28.9 Å². The number of carbonyl (C=O) groups excluding carboxylic acids is 1. The van der Waals surface area contributed by atoms with Crippen LogP contribution in [0.3, 0.4) is 0 Å². The minimum Gasteiger partial charge on any atom is -0.338 e. The number of hydrogen-bond donors (Lipinski definition) is 1. The van der Waals surface area contributed by atoms with Crippen LogP contribution in [0.2, 0.25) is 0 Å². The summed E-state index contributed by atoms with van der Waals surface area (Å²) < 4.78 is 1.97. The van der Waals surface area contributed by atoms with E-state index in [4.69, 9.17) is 0 Å². The number of amides is 1. The van der Waals surface area contributed by atoms with E-state index in [1.54, 1.807) is 11.3 Å². The molecule has 0 bridgehead atoms. The lowest BCUT2D eigenvalue weighted by Gasteiger charge is -2.06. The standard InChI is InChI=1S/C17H17N3OS/c21-16(11-20-10-9-12-5-1-3-7-14(12)20)19-17-18-13-6-2-4-8-15(13)22-17/h1,3,5,7,9-10H,2,4,6,8,11H2,(H,18,19,21). The van der Waals surface area contributed by atoms with Gasteiger partial charge in [0, 0.05) is 16.6 Å². The van der Waals surface area contributed by atoms with Crippen molar-refractivity contribution in [2.75, 3.05) is 5.32 Å². The Hall–Kier alpha value is -2.14. The molecule has 0 spiro atoms. The predicted molar refractivity (Wildman–Crippen MR) is 89.3 cm³/mol. The highest BCUT2D eigenvalue weighted by molar-refractivity contribution is 7.15. The Kier molecular flexibility index (Phi) is 3.42. The van der Waals surface area contributed by atoms with Crippen LogP contribution < -0.4 is 5.32 Å². The van der Waals surface area contributed by atoms with Gasteiger partial charge in [-0.05, 0) is 43.2 Å². The predicted octanol–water partition coefficient (Wildman–Crippen LogP) is 3.62. The lowest BCUT2D eigenvalue weighted by Crippen LogP contribution is -2.18. The van der Waals surface area contributed by atoms with Crippen LogP contribution in [0, 0.1) is 0 Å². The fourth-order valence-electron chi connectivity index (χ4n) is 3.00. The topological polar surface area (TPSA) is 46.9 Å². The van der Waals surface area contributed by atoms with E-state index in [-0.39, 0.29) is 5.91 Å². The number of nitrogens with zero attached hydrogens (tertiary/aromatic N) is 2. The fourth-order valence-corrected chi connectivity index (χ4v) is 4.06. The number of fused-ring (bicyclic) bond motifs is 2. The normalized spacial score (nSPS) is 14.0. The second-order valence-corrected chi connectivity index (χ2v) is 6.73. The van der Waals surface area contributed by atoms with Crippen molar-refractivity contribution >= 4 is 33.3 Å². The van der Waals surface area contributed by atoms with Crippen molar-refractivity contribution < 1.29 is 4.79 Å². The first-order chi connectivity index (χ1) is 10.8. The maximum absolute atomic E-state index is 12.3. The molecule has 0 aliphatic heterocycles. The summed E-state index contributed by atoms with van der Waals surface area (Å²) in [6, 6.07) is 10.1. The van der Waals surface area contributed by atoms with Crippen LogP contribution in [-0.2, 0) is 24.2 Å². The van der Waals surface area contributed by atoms with E-state index in [9.17, 15) is 4.79 Å². The number of carbonyl (C=O) groups is 1. The Labute approximate surface area is 132 Å². The van der Waals surface area contributed by atoms with Gasteiger partial charge in [-0.25, -0.2) is 4.98 Å². The van der Waals surface area contributed by atoms with E-state index in [0.29, 0.717) is 6.54 Å². The number of anilines is 1. The molecular formula is C17H17N3OS. The number of nitrogens with one attached hydrogen (secondary N) is 1. The van der Waals surface area contributed by atoms with Gasteiger partial charge in [0.25, 0.3) is 0 Å². The Morgan fingerprint density at radius 2 is 2.09 bits per heavy atom. The number of hydrogen-bond acceptors (Lipinski definition) is 3. The van der Waals surface area contributed by atoms with Crippen molar-refractivity contribution in [3.05, 3.63) is 47.1 Å². The minimum absolute atomic E-state index is 0.0209. The molecule has 5 heteroatoms. The molecular weight excluding hydrogens is 294 g/mol. The number of aryl methyl sites for hydroxylation is 2. The SMILES string of the molecule is O=C(Cn1ccc2ccccc21)Nc1nc2c(s1)CCCC2. The summed E-state index contributed by atoms with van der Waals surface area (Å²) >= 11 is 1.63. The molecule has 0 radical (unpaired) electrons. The third kappa shape index (κ3) is 2.52. The van der Waals surface area contributed by atoms with Gasteiger partial charge in [-0.3, -0.25) is 4.79 Å². The third-order valence-corrected chi connectivity index (χ3v) is 5.16. The highest BCUT2D eigenvalue weighted by Crippen LogP contribution is 2.29. The van der Waals surface area contributed by atoms with Crippen molar-refractivity contribution in [2.24, 2.45) is 0 Å². The molecule has 2 heterocycles. The van der Waals surface area contributed by atoms with Crippen LogP contribution in [0.25, 0.3) is 10.9 Å². The van der Waals surface area contributed by atoms with Crippen LogP contribution in [0.4, 0.5) is 5.13 Å². The summed E-state index contributed by atoms with van der Waals surface area (Å²) in [5, 5.41) is 4.85. The Bertz CT molecular complexity index is 810. The van der Waals surface area contributed by atoms with Crippen LogP contribution in [0.5, 0.6) is 0 Å². The molecule has 0 saturated heterocycles. The van der Waals surface area contributed by atoms with Gasteiger partial charge >= 0.3 is 0 Å². The molecule has 4 nitrogen and oxygen atoms in total. The summed E-state index contributed by atoms with van der Waals surface area (Å²) in [5.41, 5.74) is 2.26. The summed E-state index contributed by atoms with van der Waals surface area (Å²) in [5.74, 6) is -0.0209. The molecule has 3 aromatic rings. The summed E-state index contributed by atoms with van der Waals surface area (Å²) in [4.78, 5) is 18.2. The molecule has 1 aromatic carbocycles. The van der Waals surface area contributed by atoms with Gasteiger partial charge in [0.2, 0.25) is 5.91 Å². The number of para-hydroxylation sites is 1. The first-order valence-corrected chi connectivity index (χ1v) is 8.43. The number of benzene rings is 1. The maximum atomic E-state index is 12.3. The van der Waals surface area contributed by atoms with E-state index in [1.165, 1.54) is 23.4 Å². The van der Waals surface area contributed by atoms with E-state index >= 15 is 0 Å². The number of rotatable bonds is 3. The molecule has 1 aliphatic carbocycles. The Morgan fingerprint density at radius 1 is 1.23 bits per heavy atom. The molecule has 2 aromatic heterocycles. The van der Waals surface area contributed by atoms with Crippen molar-refractivity contribution in [3.8, 4) is 0 Å². The van der Waals surface area contributed by atoms with E-state index in [1.807, 2.05) is 35.0 Å². The third-order valence-electron chi connectivity index (χ3n) is 4.09. The zero-order valence-electron chi connectivity index (χ0n) is 12.2. The van der Waals surface area contributed by atoms with Crippen molar-refractivity contribution in [3.63, 3.8) is 0 Å². The fraction of sp³-hybridized carbons (Fsp3) is 0.294. The lowest BCUT2D eigenvalue weighted by atomic mass is 10.0. The Balaban J connectivity index is 1.49. The zero-order chi connectivity index (χ0) is 14.9. The van der Waals surface area contributed by atoms with E-state index < -0.39 is 0 Å². The summed E-state index contributed by atoms with van der Waals surface area (Å²) in [7, 11) is 0. The van der Waals surface area contributed by atoms with Crippen LogP contribution >= 0.6 is 11.3 Å². The van der Waals surface area contributed by atoms with Crippen molar-refractivity contribution in [2.45, 2.75) is 32.2 Å². The van der Waals surface area contributed by atoms with Crippen LogP contribution in [0.15, 0.2) is 36.5 Å². The lowest BCUT2D eigenvalue weighted by molar-refractivity contribution is -0.116. The first-order valence-electron chi connectivity index (χ1n) is 7.62. The largest absolute Gasteiger partial charge is 0.338 e. The summed E-state index contributed by atoms with van der Waals surface area (Å²) in [6.07, 6.45) is 6.55. The molecule has 1 N–H and O–H groups in total. The molecule has 0 atom stereocenters. The highest BCUT2D eigenvalue weighted by atomic mass is 32.1. The summed E-state index contributed by atoms with van der Waals surface area (Å²) in [6.45, 7) is 0.317. The average molecular weight is 311 g/mol. The average Bonchev–Trinajstić information content (AvgIpc) is 3.11. The van der Waals surface area contributed by atoms with Crippen molar-refractivity contribution in [1.29, 1.82) is 0 Å². The zero-order valence-corrected chi connectivity index (χ0v) is 13.0. The molecule has 1 aliphatic rings. The molecule has 0 unspecified atom stereocenters. The second kappa shape index (κ2) is 5.57.